The zero-order chi connectivity index (χ0) is 18.2. The smallest absolute Gasteiger partial charge is 0.270 e. The number of rotatable bonds is 6. The summed E-state index contributed by atoms with van der Waals surface area (Å²) < 4.78 is 1.53. The number of carbonyl (C=O) groups is 1. The van der Waals surface area contributed by atoms with Gasteiger partial charge in [0.25, 0.3) is 5.69 Å². The van der Waals surface area contributed by atoms with Crippen LogP contribution < -0.4 is 10.6 Å². The lowest BCUT2D eigenvalue weighted by molar-refractivity contribution is -0.384. The summed E-state index contributed by atoms with van der Waals surface area (Å²) >= 11 is 5.03. The molecule has 1 aromatic carbocycles. The Morgan fingerprint density at radius 2 is 2.28 bits per heavy atom. The standard InChI is InChI=1S/C14H15N7O3S/c1-2-8-20-13(17-18-19-20)16-14(25)15-12(22)7-6-10-4-3-5-11(9-10)21(23)24/h3-7,9H,2,8H2,1H3,(H2,15,16,17,19,22,25)/b7-6+. The molecule has 2 rings (SSSR count). The fraction of sp³-hybridized carbons (Fsp3) is 0.214. The molecule has 0 saturated carbocycles. The summed E-state index contributed by atoms with van der Waals surface area (Å²) in [4.78, 5) is 22.1. The van der Waals surface area contributed by atoms with Crippen molar-refractivity contribution in [1.29, 1.82) is 0 Å². The molecule has 11 heteroatoms. The van der Waals surface area contributed by atoms with Crippen LogP contribution in [0, 0.1) is 10.1 Å². The lowest BCUT2D eigenvalue weighted by atomic mass is 10.2. The van der Waals surface area contributed by atoms with Crippen molar-refractivity contribution in [3.05, 3.63) is 46.0 Å². The summed E-state index contributed by atoms with van der Waals surface area (Å²) in [7, 11) is 0. The third kappa shape index (κ3) is 5.42. The van der Waals surface area contributed by atoms with E-state index in [2.05, 4.69) is 26.2 Å². The molecule has 0 aliphatic heterocycles. The minimum Gasteiger partial charge on any atom is -0.300 e. The molecule has 0 saturated heterocycles. The molecular formula is C14H15N7O3S. The van der Waals surface area contributed by atoms with Crippen LogP contribution in [0.4, 0.5) is 11.6 Å². The number of non-ortho nitro benzene ring substituents is 1. The SMILES string of the molecule is CCCn1nnnc1NC(=S)NC(=O)/C=C/c1cccc([N+](=O)[O-])c1. The van der Waals surface area contributed by atoms with E-state index in [1.165, 1.54) is 35.0 Å². The number of hydrogen-bond acceptors (Lipinski definition) is 7. The van der Waals surface area contributed by atoms with E-state index in [9.17, 15) is 14.9 Å². The molecule has 0 radical (unpaired) electrons. The second-order valence-corrected chi connectivity index (χ2v) is 5.26. The molecule has 0 unspecified atom stereocenters. The van der Waals surface area contributed by atoms with Crippen molar-refractivity contribution in [3.8, 4) is 0 Å². The van der Waals surface area contributed by atoms with Gasteiger partial charge in [-0.3, -0.25) is 25.5 Å². The van der Waals surface area contributed by atoms with Crippen LogP contribution in [-0.2, 0) is 11.3 Å². The number of carbonyl (C=O) groups excluding carboxylic acids is 1. The highest BCUT2D eigenvalue weighted by atomic mass is 32.1. The van der Waals surface area contributed by atoms with Crippen LogP contribution >= 0.6 is 12.2 Å². The van der Waals surface area contributed by atoms with Crippen molar-refractivity contribution in [1.82, 2.24) is 25.5 Å². The largest absolute Gasteiger partial charge is 0.300 e. The first-order valence-electron chi connectivity index (χ1n) is 7.30. The van der Waals surface area contributed by atoms with Gasteiger partial charge in [-0.05, 0) is 40.7 Å². The molecule has 0 aliphatic carbocycles. The molecule has 0 spiro atoms. The van der Waals surface area contributed by atoms with Crippen molar-refractivity contribution >= 4 is 40.9 Å². The molecule has 1 amide bonds. The third-order valence-corrected chi connectivity index (χ3v) is 3.14. The van der Waals surface area contributed by atoms with Gasteiger partial charge in [0.2, 0.25) is 11.9 Å². The Morgan fingerprint density at radius 1 is 1.48 bits per heavy atom. The number of benzene rings is 1. The molecule has 2 N–H and O–H groups in total. The topological polar surface area (TPSA) is 128 Å². The molecule has 130 valence electrons. The highest BCUT2D eigenvalue weighted by Crippen LogP contribution is 2.14. The number of aromatic nitrogens is 4. The third-order valence-electron chi connectivity index (χ3n) is 2.94. The van der Waals surface area contributed by atoms with Crippen molar-refractivity contribution < 1.29 is 9.72 Å². The predicted octanol–water partition coefficient (Wildman–Crippen LogP) is 1.52. The van der Waals surface area contributed by atoms with Crippen LogP contribution in [0.15, 0.2) is 30.3 Å². The number of tetrazole rings is 1. The number of amides is 1. The van der Waals surface area contributed by atoms with Crippen molar-refractivity contribution in [2.75, 3.05) is 5.32 Å². The molecule has 25 heavy (non-hydrogen) atoms. The van der Waals surface area contributed by atoms with Crippen LogP contribution in [-0.4, -0.2) is 36.2 Å². The van der Waals surface area contributed by atoms with Gasteiger partial charge in [0.1, 0.15) is 0 Å². The predicted molar refractivity (Wildman–Crippen MR) is 94.6 cm³/mol. The maximum Gasteiger partial charge on any atom is 0.270 e. The summed E-state index contributed by atoms with van der Waals surface area (Å²) in [6, 6.07) is 5.91. The molecule has 0 fully saturated rings. The second kappa shape index (κ2) is 8.59. The molecule has 10 nitrogen and oxygen atoms in total. The Balaban J connectivity index is 1.93. The lowest BCUT2D eigenvalue weighted by Gasteiger charge is -2.07. The summed E-state index contributed by atoms with van der Waals surface area (Å²) in [5.41, 5.74) is 0.470. The van der Waals surface area contributed by atoms with Gasteiger partial charge in [-0.15, -0.1) is 0 Å². The Bertz CT molecular complexity index is 818. The Labute approximate surface area is 148 Å². The normalized spacial score (nSPS) is 10.6. The van der Waals surface area contributed by atoms with Gasteiger partial charge >= 0.3 is 0 Å². The highest BCUT2D eigenvalue weighted by molar-refractivity contribution is 7.80. The average molecular weight is 361 g/mol. The first kappa shape index (κ1) is 18.1. The van der Waals surface area contributed by atoms with Gasteiger partial charge in [-0.2, -0.15) is 0 Å². The second-order valence-electron chi connectivity index (χ2n) is 4.85. The van der Waals surface area contributed by atoms with Crippen molar-refractivity contribution in [3.63, 3.8) is 0 Å². The molecule has 0 aliphatic rings. The number of nitrogens with zero attached hydrogens (tertiary/aromatic N) is 5. The first-order valence-corrected chi connectivity index (χ1v) is 7.71. The van der Waals surface area contributed by atoms with Crippen molar-refractivity contribution in [2.24, 2.45) is 0 Å². The van der Waals surface area contributed by atoms with Gasteiger partial charge in [-0.1, -0.05) is 24.2 Å². The summed E-state index contributed by atoms with van der Waals surface area (Å²) in [6.45, 7) is 2.59. The molecule has 2 aromatic rings. The Morgan fingerprint density at radius 3 is 3.00 bits per heavy atom. The van der Waals surface area contributed by atoms with Crippen LogP contribution in [0.2, 0.25) is 0 Å². The quantitative estimate of drug-likeness (QED) is 0.343. The van der Waals surface area contributed by atoms with Crippen LogP contribution in [0.5, 0.6) is 0 Å². The highest BCUT2D eigenvalue weighted by Gasteiger charge is 2.08. The fourth-order valence-electron chi connectivity index (χ4n) is 1.86. The molecule has 0 atom stereocenters. The zero-order valence-electron chi connectivity index (χ0n) is 13.2. The van der Waals surface area contributed by atoms with E-state index in [0.29, 0.717) is 18.1 Å². The Hall–Kier alpha value is -3.21. The molecule has 0 bridgehead atoms. The van der Waals surface area contributed by atoms with E-state index in [1.54, 1.807) is 6.07 Å². The zero-order valence-corrected chi connectivity index (χ0v) is 14.1. The van der Waals surface area contributed by atoms with Gasteiger partial charge in [0.05, 0.1) is 4.92 Å². The van der Waals surface area contributed by atoms with E-state index >= 15 is 0 Å². The van der Waals surface area contributed by atoms with E-state index in [0.717, 1.165) is 6.42 Å². The minimum absolute atomic E-state index is 0.0424. The number of nitrogens with one attached hydrogen (secondary N) is 2. The number of aryl methyl sites for hydroxylation is 1. The fourth-order valence-corrected chi connectivity index (χ4v) is 2.05. The van der Waals surface area contributed by atoms with E-state index < -0.39 is 10.8 Å². The van der Waals surface area contributed by atoms with Gasteiger partial charge < -0.3 is 0 Å². The summed E-state index contributed by atoms with van der Waals surface area (Å²) in [5.74, 6) is -0.159. The average Bonchev–Trinajstić information content (AvgIpc) is 3.00. The monoisotopic (exact) mass is 361 g/mol. The van der Waals surface area contributed by atoms with E-state index in [-0.39, 0.29) is 10.8 Å². The van der Waals surface area contributed by atoms with Crippen molar-refractivity contribution in [2.45, 2.75) is 19.9 Å². The lowest BCUT2D eigenvalue weighted by Crippen LogP contribution is -2.33. The molecule has 1 heterocycles. The molecule has 1 aromatic heterocycles. The number of nitro groups is 1. The maximum absolute atomic E-state index is 11.9. The first-order chi connectivity index (χ1) is 12.0. The van der Waals surface area contributed by atoms with E-state index in [4.69, 9.17) is 12.2 Å². The number of thiocarbonyl (C=S) groups is 1. The number of hydrogen-bond donors (Lipinski definition) is 2. The summed E-state index contributed by atoms with van der Waals surface area (Å²) in [5, 5.41) is 27.0. The Kier molecular flexibility index (Phi) is 6.23. The molecular weight excluding hydrogens is 346 g/mol. The van der Waals surface area contributed by atoms with Crippen LogP contribution in [0.1, 0.15) is 18.9 Å². The van der Waals surface area contributed by atoms with Gasteiger partial charge in [0.15, 0.2) is 5.11 Å². The van der Waals surface area contributed by atoms with Crippen LogP contribution in [0.3, 0.4) is 0 Å². The number of anilines is 1. The van der Waals surface area contributed by atoms with Crippen LogP contribution in [0.25, 0.3) is 6.08 Å². The summed E-state index contributed by atoms with van der Waals surface area (Å²) in [6.07, 6.45) is 3.51. The van der Waals surface area contributed by atoms with E-state index in [1.807, 2.05) is 6.92 Å². The van der Waals surface area contributed by atoms with Gasteiger partial charge in [-0.25, -0.2) is 4.68 Å². The van der Waals surface area contributed by atoms with Gasteiger partial charge in [0, 0.05) is 24.8 Å². The number of nitro benzene ring substituents is 1. The maximum atomic E-state index is 11.9. The minimum atomic E-state index is -0.503.